The third kappa shape index (κ3) is 5.89. The number of carboxylic acid groups (broad SMARTS) is 1. The highest BCUT2D eigenvalue weighted by atomic mass is 79.9. The molecule has 1 saturated carbocycles. The van der Waals surface area contributed by atoms with Gasteiger partial charge in [0.2, 0.25) is 0 Å². The van der Waals surface area contributed by atoms with Crippen molar-refractivity contribution in [2.24, 2.45) is 5.10 Å². The van der Waals surface area contributed by atoms with E-state index in [9.17, 15) is 14.7 Å². The fourth-order valence-electron chi connectivity index (χ4n) is 4.73. The molecule has 0 atom stereocenters. The zero-order chi connectivity index (χ0) is 26.6. The number of carboxylic acids is 1. The summed E-state index contributed by atoms with van der Waals surface area (Å²) in [7, 11) is 0. The maximum atomic E-state index is 13.6. The second-order valence-electron chi connectivity index (χ2n) is 9.30. The SMILES string of the molecule is O=C(O)c1cccc(COc2ccc(Br)cc2C=Nn2c(C3CCCCC3)nc3ccc(Br)cc3c2=O)c1. The van der Waals surface area contributed by atoms with E-state index in [1.807, 2.05) is 36.4 Å². The summed E-state index contributed by atoms with van der Waals surface area (Å²) in [4.78, 5) is 29.8. The number of benzene rings is 3. The molecule has 1 aliphatic carbocycles. The van der Waals surface area contributed by atoms with Gasteiger partial charge in [-0.15, -0.1) is 0 Å². The summed E-state index contributed by atoms with van der Waals surface area (Å²) in [6.07, 6.45) is 6.98. The first-order valence-corrected chi connectivity index (χ1v) is 14.0. The molecular weight excluding hydrogens is 614 g/mol. The largest absolute Gasteiger partial charge is 0.488 e. The Labute approximate surface area is 236 Å². The van der Waals surface area contributed by atoms with Crippen LogP contribution in [0.1, 0.15) is 65.3 Å². The third-order valence-electron chi connectivity index (χ3n) is 6.66. The predicted octanol–water partition coefficient (Wildman–Crippen LogP) is 7.13. The maximum Gasteiger partial charge on any atom is 0.335 e. The smallest absolute Gasteiger partial charge is 0.335 e. The van der Waals surface area contributed by atoms with Gasteiger partial charge >= 0.3 is 5.97 Å². The minimum absolute atomic E-state index is 0.168. The average Bonchev–Trinajstić information content (AvgIpc) is 2.93. The molecule has 0 unspecified atom stereocenters. The van der Waals surface area contributed by atoms with Crippen LogP contribution in [0.4, 0.5) is 0 Å². The summed E-state index contributed by atoms with van der Waals surface area (Å²) >= 11 is 6.97. The molecule has 9 heteroatoms. The molecular formula is C29H25Br2N3O4. The maximum absolute atomic E-state index is 13.6. The van der Waals surface area contributed by atoms with Gasteiger partial charge in [-0.25, -0.2) is 9.78 Å². The van der Waals surface area contributed by atoms with Crippen molar-refractivity contribution in [1.29, 1.82) is 0 Å². The fraction of sp³-hybridized carbons (Fsp3) is 0.241. The molecule has 3 aromatic carbocycles. The van der Waals surface area contributed by atoms with E-state index in [-0.39, 0.29) is 23.6 Å². The van der Waals surface area contributed by atoms with Crippen molar-refractivity contribution >= 4 is 54.9 Å². The number of aromatic nitrogens is 2. The number of rotatable bonds is 7. The fourth-order valence-corrected chi connectivity index (χ4v) is 5.47. The van der Waals surface area contributed by atoms with E-state index in [0.29, 0.717) is 28.0 Å². The van der Waals surface area contributed by atoms with Crippen LogP contribution in [0.5, 0.6) is 5.75 Å². The second kappa shape index (κ2) is 11.6. The van der Waals surface area contributed by atoms with Crippen LogP contribution >= 0.6 is 31.9 Å². The molecule has 0 radical (unpaired) electrons. The Bertz CT molecular complexity index is 1590. The molecule has 4 aromatic rings. The number of ether oxygens (including phenoxy) is 1. The highest BCUT2D eigenvalue weighted by Crippen LogP contribution is 2.32. The van der Waals surface area contributed by atoms with Crippen LogP contribution in [0, 0.1) is 0 Å². The Morgan fingerprint density at radius 3 is 2.61 bits per heavy atom. The van der Waals surface area contributed by atoms with Crippen molar-refractivity contribution in [2.75, 3.05) is 0 Å². The van der Waals surface area contributed by atoms with E-state index in [1.54, 1.807) is 30.5 Å². The summed E-state index contributed by atoms with van der Waals surface area (Å²) in [5.41, 5.74) is 2.06. The first kappa shape index (κ1) is 26.3. The number of halogens is 2. The standard InChI is InChI=1S/C29H25Br2N3O4/c30-22-10-12-26(38-17-18-5-4-8-20(13-18)29(36)37)21(14-22)16-32-34-27(19-6-2-1-3-7-19)33-25-11-9-23(31)15-24(25)28(34)35/h4-5,8-16,19H,1-3,6-7,17H2,(H,36,37). The molecule has 1 heterocycles. The van der Waals surface area contributed by atoms with Gasteiger partial charge in [0.15, 0.2) is 0 Å². The number of fused-ring (bicyclic) bond motifs is 1. The predicted molar refractivity (Wildman–Crippen MR) is 154 cm³/mol. The van der Waals surface area contributed by atoms with E-state index in [0.717, 1.165) is 40.2 Å². The lowest BCUT2D eigenvalue weighted by atomic mass is 9.88. The lowest BCUT2D eigenvalue weighted by Gasteiger charge is -2.22. The van der Waals surface area contributed by atoms with Crippen molar-refractivity contribution in [3.05, 3.63) is 102 Å². The lowest BCUT2D eigenvalue weighted by molar-refractivity contribution is 0.0696. The molecule has 0 saturated heterocycles. The van der Waals surface area contributed by atoms with Gasteiger partial charge in [-0.2, -0.15) is 9.78 Å². The monoisotopic (exact) mass is 637 g/mol. The Hall–Kier alpha value is -3.30. The highest BCUT2D eigenvalue weighted by Gasteiger charge is 2.22. The van der Waals surface area contributed by atoms with E-state index >= 15 is 0 Å². The summed E-state index contributed by atoms with van der Waals surface area (Å²) in [6, 6.07) is 17.7. The number of hydrogen-bond donors (Lipinski definition) is 1. The van der Waals surface area contributed by atoms with Gasteiger partial charge < -0.3 is 9.84 Å². The van der Waals surface area contributed by atoms with E-state index in [1.165, 1.54) is 11.1 Å². The van der Waals surface area contributed by atoms with Gasteiger partial charge in [0.25, 0.3) is 5.56 Å². The molecule has 1 fully saturated rings. The molecule has 1 aliphatic rings. The minimum atomic E-state index is -0.987. The van der Waals surface area contributed by atoms with E-state index < -0.39 is 5.97 Å². The van der Waals surface area contributed by atoms with Crippen LogP contribution < -0.4 is 10.3 Å². The zero-order valence-electron chi connectivity index (χ0n) is 20.4. The molecule has 5 rings (SSSR count). The number of nitrogens with zero attached hydrogens (tertiary/aromatic N) is 3. The lowest BCUT2D eigenvalue weighted by Crippen LogP contribution is -2.25. The van der Waals surface area contributed by atoms with Crippen molar-refractivity contribution < 1.29 is 14.6 Å². The van der Waals surface area contributed by atoms with Gasteiger partial charge in [0.05, 0.1) is 22.7 Å². The molecule has 1 N–H and O–H groups in total. The molecule has 38 heavy (non-hydrogen) atoms. The Balaban J connectivity index is 1.51. The van der Waals surface area contributed by atoms with Crippen molar-refractivity contribution in [1.82, 2.24) is 9.66 Å². The first-order valence-electron chi connectivity index (χ1n) is 12.4. The number of aromatic carboxylic acids is 1. The van der Waals surface area contributed by atoms with Gasteiger partial charge in [-0.05, 0) is 66.9 Å². The highest BCUT2D eigenvalue weighted by molar-refractivity contribution is 9.10. The van der Waals surface area contributed by atoms with Gasteiger partial charge in [0, 0.05) is 20.4 Å². The summed E-state index contributed by atoms with van der Waals surface area (Å²) in [5.74, 6) is 0.421. The average molecular weight is 639 g/mol. The Morgan fingerprint density at radius 2 is 1.82 bits per heavy atom. The van der Waals surface area contributed by atoms with Crippen LogP contribution in [-0.4, -0.2) is 27.0 Å². The normalized spacial score (nSPS) is 14.3. The quantitative estimate of drug-likeness (QED) is 0.217. The third-order valence-corrected chi connectivity index (χ3v) is 7.64. The minimum Gasteiger partial charge on any atom is -0.488 e. The van der Waals surface area contributed by atoms with Crippen molar-refractivity contribution in [2.45, 2.75) is 44.6 Å². The van der Waals surface area contributed by atoms with Gasteiger partial charge in [-0.3, -0.25) is 4.79 Å². The molecule has 0 amide bonds. The van der Waals surface area contributed by atoms with Crippen LogP contribution in [0.2, 0.25) is 0 Å². The number of hydrogen-bond acceptors (Lipinski definition) is 5. The van der Waals surface area contributed by atoms with Gasteiger partial charge in [0.1, 0.15) is 18.2 Å². The molecule has 194 valence electrons. The molecule has 0 spiro atoms. The van der Waals surface area contributed by atoms with E-state index in [2.05, 4.69) is 37.0 Å². The second-order valence-corrected chi connectivity index (χ2v) is 11.1. The topological polar surface area (TPSA) is 93.8 Å². The van der Waals surface area contributed by atoms with Crippen LogP contribution in [0.25, 0.3) is 10.9 Å². The summed E-state index contributed by atoms with van der Waals surface area (Å²) in [5, 5.41) is 14.4. The molecule has 1 aromatic heterocycles. The number of carbonyl (C=O) groups is 1. The summed E-state index contributed by atoms with van der Waals surface area (Å²) in [6.45, 7) is 0.183. The van der Waals surface area contributed by atoms with Crippen molar-refractivity contribution in [3.63, 3.8) is 0 Å². The molecule has 0 bridgehead atoms. The van der Waals surface area contributed by atoms with Crippen LogP contribution in [0.3, 0.4) is 0 Å². The van der Waals surface area contributed by atoms with Crippen molar-refractivity contribution in [3.8, 4) is 5.75 Å². The van der Waals surface area contributed by atoms with E-state index in [4.69, 9.17) is 9.72 Å². The molecule has 7 nitrogen and oxygen atoms in total. The Morgan fingerprint density at radius 1 is 1.05 bits per heavy atom. The van der Waals surface area contributed by atoms with Crippen LogP contribution in [0.15, 0.2) is 79.5 Å². The van der Waals surface area contributed by atoms with Crippen LogP contribution in [-0.2, 0) is 6.61 Å². The zero-order valence-corrected chi connectivity index (χ0v) is 23.6. The molecule has 0 aliphatic heterocycles. The Kier molecular flexibility index (Phi) is 8.04. The van der Waals surface area contributed by atoms with Gasteiger partial charge in [-0.1, -0.05) is 63.3 Å². The summed E-state index contributed by atoms with van der Waals surface area (Å²) < 4.78 is 9.12. The first-order chi connectivity index (χ1) is 18.4.